The molecule has 6 nitrogen and oxygen atoms in total. The topological polar surface area (TPSA) is 71.3 Å². The van der Waals surface area contributed by atoms with E-state index in [-0.39, 0.29) is 11.9 Å². The van der Waals surface area contributed by atoms with Crippen molar-refractivity contribution in [1.29, 1.82) is 0 Å². The highest BCUT2D eigenvalue weighted by Crippen LogP contribution is 2.27. The predicted octanol–water partition coefficient (Wildman–Crippen LogP) is 4.23. The number of para-hydroxylation sites is 1. The molecule has 152 valence electrons. The molecule has 0 unspecified atom stereocenters. The number of amides is 1. The van der Waals surface area contributed by atoms with Gasteiger partial charge in [-0.3, -0.25) is 4.79 Å². The third kappa shape index (κ3) is 5.17. The molecule has 3 rings (SSSR count). The van der Waals surface area contributed by atoms with Crippen LogP contribution in [0, 0.1) is 13.8 Å². The largest absolute Gasteiger partial charge is 0.370 e. The lowest BCUT2D eigenvalue weighted by molar-refractivity contribution is 0.0948. The molecule has 2 aromatic heterocycles. The van der Waals surface area contributed by atoms with Crippen molar-refractivity contribution in [3.8, 4) is 0 Å². The van der Waals surface area contributed by atoms with Gasteiger partial charge in [0.2, 0.25) is 0 Å². The van der Waals surface area contributed by atoms with Crippen molar-refractivity contribution in [2.45, 2.75) is 37.6 Å². The average Bonchev–Trinajstić information content (AvgIpc) is 3.07. The second-order valence-electron chi connectivity index (χ2n) is 6.95. The number of thioether (sulfide) groups is 1. The van der Waals surface area contributed by atoms with Crippen LogP contribution in [0.25, 0.3) is 0 Å². The molecule has 1 N–H and O–H groups in total. The summed E-state index contributed by atoms with van der Waals surface area (Å²) in [6.45, 7) is 6.44. The van der Waals surface area contributed by atoms with Crippen LogP contribution in [0.15, 0.2) is 58.2 Å². The number of anilines is 1. The fraction of sp³-hybridized carbons (Fsp3) is 0.318. The summed E-state index contributed by atoms with van der Waals surface area (Å²) in [6.07, 6.45) is 1.71. The quantitative estimate of drug-likeness (QED) is 0.560. The normalized spacial score (nSPS) is 11.9. The van der Waals surface area contributed by atoms with E-state index in [1.807, 2.05) is 45.2 Å². The lowest BCUT2D eigenvalue weighted by atomic mass is 10.2. The van der Waals surface area contributed by atoms with Crippen LogP contribution in [0.1, 0.15) is 34.3 Å². The molecule has 1 aromatic carbocycles. The Kier molecular flexibility index (Phi) is 6.93. The summed E-state index contributed by atoms with van der Waals surface area (Å²) < 4.78 is 5.22. The molecule has 7 heteroatoms. The van der Waals surface area contributed by atoms with E-state index in [4.69, 9.17) is 4.52 Å². The third-order valence-electron chi connectivity index (χ3n) is 4.93. The number of rotatable bonds is 8. The molecule has 0 bridgehead atoms. The molecule has 0 saturated carbocycles. The molecule has 0 aliphatic heterocycles. The Morgan fingerprint density at radius 2 is 1.97 bits per heavy atom. The van der Waals surface area contributed by atoms with E-state index in [2.05, 4.69) is 39.4 Å². The van der Waals surface area contributed by atoms with Crippen LogP contribution < -0.4 is 10.2 Å². The van der Waals surface area contributed by atoms with Gasteiger partial charge in [-0.15, -0.1) is 11.8 Å². The van der Waals surface area contributed by atoms with Gasteiger partial charge in [0.05, 0.1) is 11.3 Å². The highest BCUT2D eigenvalue weighted by Gasteiger charge is 2.17. The molecule has 0 aliphatic rings. The van der Waals surface area contributed by atoms with Crippen LogP contribution in [-0.4, -0.2) is 35.7 Å². The number of aromatic nitrogens is 2. The minimum absolute atomic E-state index is 0.118. The molecule has 3 aromatic rings. The molecule has 0 fully saturated rings. The van der Waals surface area contributed by atoms with Crippen LogP contribution in [0.3, 0.4) is 0 Å². The number of carbonyl (C=O) groups is 1. The molecular weight excluding hydrogens is 384 g/mol. The number of likely N-dealkylation sites (N-methyl/N-ethyl adjacent to an activating group) is 1. The fourth-order valence-electron chi connectivity index (χ4n) is 2.92. The maximum Gasteiger partial charge on any atom is 0.254 e. The van der Waals surface area contributed by atoms with E-state index >= 15 is 0 Å². The van der Waals surface area contributed by atoms with Gasteiger partial charge in [-0.05, 0) is 45.0 Å². The molecule has 2 heterocycles. The number of nitrogens with zero attached hydrogens (tertiary/aromatic N) is 3. The van der Waals surface area contributed by atoms with Crippen molar-refractivity contribution < 1.29 is 9.32 Å². The molecule has 0 aliphatic carbocycles. The summed E-state index contributed by atoms with van der Waals surface area (Å²) in [6, 6.07) is 13.9. The summed E-state index contributed by atoms with van der Waals surface area (Å²) in [5.74, 6) is 1.34. The molecule has 0 saturated heterocycles. The standard InChI is InChI=1S/C22H26N4O2S/c1-15(26(4)18-9-6-5-7-10-18)13-24-21(27)19-11-8-12-23-22(19)29-14-20-16(2)25-28-17(20)3/h5-12,15H,13-14H2,1-4H3,(H,24,27)/t15-/m1/s1. The zero-order valence-electron chi connectivity index (χ0n) is 17.2. The monoisotopic (exact) mass is 410 g/mol. The first-order valence-electron chi connectivity index (χ1n) is 9.53. The molecular formula is C22H26N4O2S. The van der Waals surface area contributed by atoms with E-state index in [1.165, 1.54) is 11.8 Å². The van der Waals surface area contributed by atoms with Gasteiger partial charge in [0, 0.05) is 42.8 Å². The Labute approximate surface area is 175 Å². The fourth-order valence-corrected chi connectivity index (χ4v) is 4.06. The SMILES string of the molecule is Cc1noc(C)c1CSc1ncccc1C(=O)NC[C@@H](C)N(C)c1ccccc1. The van der Waals surface area contributed by atoms with Crippen molar-refractivity contribution in [3.05, 3.63) is 71.2 Å². The number of pyridine rings is 1. The molecule has 1 amide bonds. The predicted molar refractivity (Wildman–Crippen MR) is 116 cm³/mol. The second kappa shape index (κ2) is 9.60. The first-order chi connectivity index (χ1) is 14.0. The molecule has 0 radical (unpaired) electrons. The van der Waals surface area contributed by atoms with Gasteiger partial charge in [0.1, 0.15) is 10.8 Å². The van der Waals surface area contributed by atoms with Crippen LogP contribution in [0.5, 0.6) is 0 Å². The van der Waals surface area contributed by atoms with E-state index in [0.29, 0.717) is 22.9 Å². The highest BCUT2D eigenvalue weighted by atomic mass is 32.2. The summed E-state index contributed by atoms with van der Waals surface area (Å²) in [5.41, 5.74) is 3.62. The van der Waals surface area contributed by atoms with Gasteiger partial charge in [-0.2, -0.15) is 0 Å². The average molecular weight is 411 g/mol. The van der Waals surface area contributed by atoms with Gasteiger partial charge in [-0.1, -0.05) is 23.4 Å². The van der Waals surface area contributed by atoms with Crippen LogP contribution in [0.4, 0.5) is 5.69 Å². The Hall–Kier alpha value is -2.80. The summed E-state index contributed by atoms with van der Waals surface area (Å²) in [4.78, 5) is 19.4. The van der Waals surface area contributed by atoms with Gasteiger partial charge < -0.3 is 14.7 Å². The minimum Gasteiger partial charge on any atom is -0.370 e. The Morgan fingerprint density at radius 1 is 1.21 bits per heavy atom. The van der Waals surface area contributed by atoms with E-state index in [1.54, 1.807) is 12.3 Å². The number of carbonyl (C=O) groups excluding carboxylic acids is 1. The zero-order valence-corrected chi connectivity index (χ0v) is 18.0. The number of nitrogens with one attached hydrogen (secondary N) is 1. The molecule has 1 atom stereocenters. The lowest BCUT2D eigenvalue weighted by Crippen LogP contribution is -2.40. The van der Waals surface area contributed by atoms with Gasteiger partial charge in [-0.25, -0.2) is 4.98 Å². The number of aryl methyl sites for hydroxylation is 2. The van der Waals surface area contributed by atoms with Crippen LogP contribution >= 0.6 is 11.8 Å². The van der Waals surface area contributed by atoms with Crippen LogP contribution in [0.2, 0.25) is 0 Å². The lowest BCUT2D eigenvalue weighted by Gasteiger charge is -2.27. The van der Waals surface area contributed by atoms with Gasteiger partial charge in [0.25, 0.3) is 5.91 Å². The minimum atomic E-state index is -0.118. The maximum absolute atomic E-state index is 12.8. The van der Waals surface area contributed by atoms with Crippen molar-refractivity contribution >= 4 is 23.4 Å². The van der Waals surface area contributed by atoms with Crippen molar-refractivity contribution in [2.24, 2.45) is 0 Å². The zero-order chi connectivity index (χ0) is 20.8. The molecule has 0 spiro atoms. The van der Waals surface area contributed by atoms with Crippen molar-refractivity contribution in [3.63, 3.8) is 0 Å². The molecule has 29 heavy (non-hydrogen) atoms. The Bertz CT molecular complexity index is 939. The first kappa shape index (κ1) is 20.9. The highest BCUT2D eigenvalue weighted by molar-refractivity contribution is 7.98. The Morgan fingerprint density at radius 3 is 2.66 bits per heavy atom. The van der Waals surface area contributed by atoms with Crippen molar-refractivity contribution in [1.82, 2.24) is 15.5 Å². The Balaban J connectivity index is 1.62. The number of benzene rings is 1. The van der Waals surface area contributed by atoms with E-state index < -0.39 is 0 Å². The van der Waals surface area contributed by atoms with E-state index in [9.17, 15) is 4.79 Å². The van der Waals surface area contributed by atoms with E-state index in [0.717, 1.165) is 22.7 Å². The third-order valence-corrected chi connectivity index (χ3v) is 5.96. The summed E-state index contributed by atoms with van der Waals surface area (Å²) in [5, 5.41) is 7.73. The van der Waals surface area contributed by atoms with Crippen LogP contribution in [-0.2, 0) is 5.75 Å². The smallest absolute Gasteiger partial charge is 0.254 e. The van der Waals surface area contributed by atoms with Crippen molar-refractivity contribution in [2.75, 3.05) is 18.5 Å². The summed E-state index contributed by atoms with van der Waals surface area (Å²) in [7, 11) is 2.03. The number of hydrogen-bond donors (Lipinski definition) is 1. The second-order valence-corrected chi connectivity index (χ2v) is 7.92. The van der Waals surface area contributed by atoms with Gasteiger partial charge >= 0.3 is 0 Å². The number of hydrogen-bond acceptors (Lipinski definition) is 6. The summed E-state index contributed by atoms with van der Waals surface area (Å²) >= 11 is 1.52. The maximum atomic E-state index is 12.8. The van der Waals surface area contributed by atoms with Gasteiger partial charge in [0.15, 0.2) is 0 Å². The first-order valence-corrected chi connectivity index (χ1v) is 10.5.